The van der Waals surface area contributed by atoms with Crippen LogP contribution in [0.5, 0.6) is 0 Å². The smallest absolute Gasteiger partial charge is 0.390 e. The van der Waals surface area contributed by atoms with Crippen LogP contribution in [0.3, 0.4) is 0 Å². The van der Waals surface area contributed by atoms with Crippen LogP contribution in [0.25, 0.3) is 0 Å². The van der Waals surface area contributed by atoms with E-state index in [1.165, 1.54) is 21.9 Å². The van der Waals surface area contributed by atoms with Gasteiger partial charge in [0.25, 0.3) is 11.8 Å². The van der Waals surface area contributed by atoms with Gasteiger partial charge >= 0.3 is 5.95 Å². The van der Waals surface area contributed by atoms with E-state index in [-0.39, 0.29) is 30.9 Å². The highest BCUT2D eigenvalue weighted by atomic mass is 16.6. The van der Waals surface area contributed by atoms with E-state index in [1.54, 1.807) is 35.1 Å². The molecule has 0 unspecified atom stereocenters. The number of carbonyl (C=O) groups excluding carboxylic acids is 2. The number of nitro groups is 1. The topological polar surface area (TPSA) is 129 Å². The summed E-state index contributed by atoms with van der Waals surface area (Å²) in [6.45, 7) is 0.898. The molecular weight excluding hydrogens is 366 g/mol. The monoisotopic (exact) mass is 381 g/mol. The number of carbonyl (C=O) groups is 2. The van der Waals surface area contributed by atoms with Crippen LogP contribution in [0, 0.1) is 10.1 Å². The minimum Gasteiger partial charge on any atom is -0.390 e. The fourth-order valence-electron chi connectivity index (χ4n) is 3.12. The zero-order valence-corrected chi connectivity index (χ0v) is 14.6. The molecule has 28 heavy (non-hydrogen) atoms. The molecule has 2 amide bonds. The Labute approximate surface area is 158 Å². The van der Waals surface area contributed by atoms with Crippen molar-refractivity contribution in [2.45, 2.75) is 19.5 Å². The molecule has 0 atom stereocenters. The van der Waals surface area contributed by atoms with Gasteiger partial charge in [0.1, 0.15) is 24.6 Å². The van der Waals surface area contributed by atoms with Crippen LogP contribution in [0.15, 0.2) is 42.9 Å². The summed E-state index contributed by atoms with van der Waals surface area (Å²) in [6.07, 6.45) is 5.04. The Balaban J connectivity index is 1.34. The van der Waals surface area contributed by atoms with Gasteiger partial charge < -0.3 is 10.1 Å². The van der Waals surface area contributed by atoms with Crippen molar-refractivity contribution in [3.05, 3.63) is 69.8 Å². The molecule has 0 saturated carbocycles. The van der Waals surface area contributed by atoms with E-state index in [1.807, 2.05) is 0 Å². The fraction of sp³-hybridized carbons (Fsp3) is 0.235. The van der Waals surface area contributed by atoms with Crippen LogP contribution in [0.1, 0.15) is 32.8 Å². The third-order valence-electron chi connectivity index (χ3n) is 4.42. The lowest BCUT2D eigenvalue weighted by Gasteiger charge is -2.13. The lowest BCUT2D eigenvalue weighted by Crippen LogP contribution is -2.31. The van der Waals surface area contributed by atoms with Gasteiger partial charge in [-0.1, -0.05) is 22.3 Å². The maximum atomic E-state index is 12.3. The van der Waals surface area contributed by atoms with Gasteiger partial charge in [0, 0.05) is 13.1 Å². The number of nitrogens with zero attached hydrogens (tertiary/aromatic N) is 7. The van der Waals surface area contributed by atoms with Gasteiger partial charge in [0.05, 0.1) is 17.3 Å². The van der Waals surface area contributed by atoms with Crippen LogP contribution >= 0.6 is 0 Å². The summed E-state index contributed by atoms with van der Waals surface area (Å²) in [6, 6.07) is 6.76. The fourth-order valence-corrected chi connectivity index (χ4v) is 3.12. The molecule has 4 rings (SSSR count). The molecule has 1 aliphatic rings. The summed E-state index contributed by atoms with van der Waals surface area (Å²) in [5.41, 5.74) is 1.40. The van der Waals surface area contributed by atoms with Crippen molar-refractivity contribution in [3.63, 3.8) is 0 Å². The summed E-state index contributed by atoms with van der Waals surface area (Å²) in [5.74, 6) is -0.834. The van der Waals surface area contributed by atoms with Gasteiger partial charge in [-0.25, -0.2) is 4.57 Å². The van der Waals surface area contributed by atoms with Crippen LogP contribution in [-0.4, -0.2) is 52.7 Å². The molecule has 0 bridgehead atoms. The third kappa shape index (κ3) is 3.13. The van der Waals surface area contributed by atoms with Crippen molar-refractivity contribution < 1.29 is 14.5 Å². The van der Waals surface area contributed by atoms with Crippen LogP contribution < -0.4 is 0 Å². The van der Waals surface area contributed by atoms with Crippen molar-refractivity contribution in [1.29, 1.82) is 0 Å². The Bertz CT molecular complexity index is 1040. The number of amides is 2. The first kappa shape index (κ1) is 17.5. The second-order valence-electron chi connectivity index (χ2n) is 6.25. The number of imidazole rings is 1. The Hall–Kier alpha value is -3.89. The molecule has 0 spiro atoms. The minimum atomic E-state index is -0.563. The predicted octanol–water partition coefficient (Wildman–Crippen LogP) is 1.12. The van der Waals surface area contributed by atoms with Crippen molar-refractivity contribution in [2.75, 3.05) is 6.54 Å². The number of imide groups is 1. The molecule has 2 aromatic heterocycles. The maximum absolute atomic E-state index is 12.3. The zero-order valence-electron chi connectivity index (χ0n) is 14.6. The zero-order chi connectivity index (χ0) is 19.7. The van der Waals surface area contributed by atoms with Gasteiger partial charge in [-0.05, 0) is 23.5 Å². The molecule has 1 aromatic carbocycles. The summed E-state index contributed by atoms with van der Waals surface area (Å²) < 4.78 is 2.95. The summed E-state index contributed by atoms with van der Waals surface area (Å²) >= 11 is 0. The Kier molecular flexibility index (Phi) is 4.39. The Morgan fingerprint density at radius 3 is 2.46 bits per heavy atom. The molecule has 3 aromatic rings. The van der Waals surface area contributed by atoms with Gasteiger partial charge in [0.2, 0.25) is 0 Å². The first-order valence-corrected chi connectivity index (χ1v) is 8.54. The van der Waals surface area contributed by atoms with Crippen molar-refractivity contribution in [1.82, 2.24) is 29.4 Å². The number of rotatable bonds is 7. The average Bonchev–Trinajstić information content (AvgIpc) is 3.38. The lowest BCUT2D eigenvalue weighted by atomic mass is 10.1. The van der Waals surface area contributed by atoms with E-state index in [0.717, 1.165) is 0 Å². The number of hydrogen-bond acceptors (Lipinski definition) is 7. The first-order chi connectivity index (χ1) is 13.5. The molecule has 1 aliphatic heterocycles. The van der Waals surface area contributed by atoms with Crippen molar-refractivity contribution in [2.24, 2.45) is 0 Å². The van der Waals surface area contributed by atoms with E-state index >= 15 is 0 Å². The van der Waals surface area contributed by atoms with E-state index in [9.17, 15) is 19.7 Å². The van der Waals surface area contributed by atoms with E-state index in [2.05, 4.69) is 15.3 Å². The Morgan fingerprint density at radius 2 is 1.79 bits per heavy atom. The standard InChI is InChI=1S/C17H15N7O4/c25-15-13-4-1-2-5-14(13)16(26)23(15)8-3-7-22-11-12(19-20-22)10-21-9-6-18-17(21)24(27)28/h1-2,4-6,9,11H,3,7-8,10H2. The van der Waals surface area contributed by atoms with Gasteiger partial charge in [-0.3, -0.25) is 19.2 Å². The highest BCUT2D eigenvalue weighted by Gasteiger charge is 2.34. The van der Waals surface area contributed by atoms with Crippen LogP contribution in [0.4, 0.5) is 5.95 Å². The Morgan fingerprint density at radius 1 is 1.07 bits per heavy atom. The summed E-state index contributed by atoms with van der Waals surface area (Å²) in [7, 11) is 0. The number of fused-ring (bicyclic) bond motifs is 1. The first-order valence-electron chi connectivity index (χ1n) is 8.54. The molecule has 0 saturated heterocycles. The number of aromatic nitrogens is 5. The molecule has 0 aliphatic carbocycles. The molecule has 142 valence electrons. The largest absolute Gasteiger partial charge is 0.434 e. The molecule has 11 nitrogen and oxygen atoms in total. The quantitative estimate of drug-likeness (QED) is 0.340. The van der Waals surface area contributed by atoms with Gasteiger partial charge in [-0.2, -0.15) is 0 Å². The highest BCUT2D eigenvalue weighted by molar-refractivity contribution is 6.21. The van der Waals surface area contributed by atoms with Crippen LogP contribution in [-0.2, 0) is 13.1 Å². The average molecular weight is 381 g/mol. The van der Waals surface area contributed by atoms with Gasteiger partial charge in [0.15, 0.2) is 0 Å². The minimum absolute atomic E-state index is 0.175. The SMILES string of the molecule is O=C1c2ccccc2C(=O)N1CCCn1cc(Cn2ccnc2[N+](=O)[O-])nn1. The number of hydrogen-bond donors (Lipinski definition) is 0. The van der Waals surface area contributed by atoms with Crippen LogP contribution in [0.2, 0.25) is 0 Å². The van der Waals surface area contributed by atoms with E-state index < -0.39 is 4.92 Å². The van der Waals surface area contributed by atoms with Crippen molar-refractivity contribution >= 4 is 17.8 Å². The third-order valence-corrected chi connectivity index (χ3v) is 4.42. The molecule has 0 radical (unpaired) electrons. The molecule has 0 N–H and O–H groups in total. The number of aryl methyl sites for hydroxylation is 1. The lowest BCUT2D eigenvalue weighted by molar-refractivity contribution is -0.396. The van der Waals surface area contributed by atoms with E-state index in [4.69, 9.17) is 0 Å². The van der Waals surface area contributed by atoms with Gasteiger partial charge in [-0.15, -0.1) is 5.10 Å². The molecular formula is C17H15N7O4. The highest BCUT2D eigenvalue weighted by Crippen LogP contribution is 2.22. The predicted molar refractivity (Wildman–Crippen MR) is 94.4 cm³/mol. The normalized spacial score (nSPS) is 13.2. The maximum Gasteiger partial charge on any atom is 0.434 e. The molecule has 3 heterocycles. The molecule has 0 fully saturated rings. The second-order valence-corrected chi connectivity index (χ2v) is 6.25. The molecule has 11 heteroatoms. The van der Waals surface area contributed by atoms with E-state index in [0.29, 0.717) is 29.8 Å². The summed E-state index contributed by atoms with van der Waals surface area (Å²) in [5, 5.41) is 18.9. The second kappa shape index (κ2) is 7.02. The summed E-state index contributed by atoms with van der Waals surface area (Å²) in [4.78, 5) is 39.9. The van der Waals surface area contributed by atoms with Crippen molar-refractivity contribution in [3.8, 4) is 0 Å². The number of benzene rings is 1.